The maximum atomic E-state index is 5.95. The van der Waals surface area contributed by atoms with Crippen molar-refractivity contribution in [3.8, 4) is 0 Å². The molecule has 1 aliphatic rings. The largest absolute Gasteiger partial charge is 0.385 e. The van der Waals surface area contributed by atoms with E-state index < -0.39 is 0 Å². The summed E-state index contributed by atoms with van der Waals surface area (Å²) in [5.41, 5.74) is 1.05. The molecule has 0 unspecified atom stereocenters. The van der Waals surface area contributed by atoms with Gasteiger partial charge in [0.05, 0.1) is 18.3 Å². The zero-order chi connectivity index (χ0) is 18.9. The normalized spacial score (nSPS) is 15.5. The molecule has 0 radical (unpaired) electrons. The lowest BCUT2D eigenvalue weighted by molar-refractivity contribution is 0.00989. The Hall–Kier alpha value is -1.45. The van der Waals surface area contributed by atoms with Crippen LogP contribution in [0.15, 0.2) is 41.5 Å². The Morgan fingerprint density at radius 3 is 2.75 bits per heavy atom. The highest BCUT2D eigenvalue weighted by Crippen LogP contribution is 2.17. The quantitative estimate of drug-likeness (QED) is 0.274. The van der Waals surface area contributed by atoms with E-state index in [1.165, 1.54) is 10.8 Å². The SMILES string of the molecule is CN=C(NCc1nccc2ccccc12)N1CCC(OCCCOC)CC1.I. The molecule has 1 aromatic heterocycles. The molecule has 1 saturated heterocycles. The molecular formula is C21H31IN4O2. The fourth-order valence-corrected chi connectivity index (χ4v) is 3.51. The molecule has 1 N–H and O–H groups in total. The summed E-state index contributed by atoms with van der Waals surface area (Å²) in [6.45, 7) is 4.12. The van der Waals surface area contributed by atoms with Crippen molar-refractivity contribution < 1.29 is 9.47 Å². The van der Waals surface area contributed by atoms with Gasteiger partial charge in [-0.15, -0.1) is 24.0 Å². The number of guanidine groups is 1. The third-order valence-corrected chi connectivity index (χ3v) is 4.97. The zero-order valence-corrected chi connectivity index (χ0v) is 19.1. The van der Waals surface area contributed by atoms with E-state index in [4.69, 9.17) is 9.47 Å². The monoisotopic (exact) mass is 498 g/mol. The molecule has 2 heterocycles. The molecule has 154 valence electrons. The molecule has 6 nitrogen and oxygen atoms in total. The van der Waals surface area contributed by atoms with Crippen LogP contribution in [0.25, 0.3) is 10.8 Å². The molecule has 0 saturated carbocycles. The first-order valence-electron chi connectivity index (χ1n) is 9.70. The predicted molar refractivity (Wildman–Crippen MR) is 124 cm³/mol. The number of nitrogens with zero attached hydrogens (tertiary/aromatic N) is 3. The Kier molecular flexibility index (Phi) is 9.94. The highest BCUT2D eigenvalue weighted by atomic mass is 127. The number of halogens is 1. The number of fused-ring (bicyclic) bond motifs is 1. The predicted octanol–water partition coefficient (Wildman–Crippen LogP) is 3.45. The van der Waals surface area contributed by atoms with Crippen LogP contribution in [0, 0.1) is 0 Å². The molecule has 3 rings (SSSR count). The van der Waals surface area contributed by atoms with E-state index in [1.54, 1.807) is 7.11 Å². The molecule has 0 amide bonds. The number of methoxy groups -OCH3 is 1. The molecule has 0 spiro atoms. The second-order valence-corrected chi connectivity index (χ2v) is 6.78. The lowest BCUT2D eigenvalue weighted by Gasteiger charge is -2.34. The molecule has 0 aliphatic carbocycles. The van der Waals surface area contributed by atoms with Crippen LogP contribution in [0.2, 0.25) is 0 Å². The van der Waals surface area contributed by atoms with Crippen molar-refractivity contribution in [3.63, 3.8) is 0 Å². The van der Waals surface area contributed by atoms with E-state index in [0.29, 0.717) is 12.6 Å². The number of aliphatic imine (C=N–C) groups is 1. The first-order chi connectivity index (χ1) is 13.3. The second kappa shape index (κ2) is 12.2. The number of benzene rings is 1. The molecule has 1 fully saturated rings. The van der Waals surface area contributed by atoms with Crippen LogP contribution in [0.1, 0.15) is 25.0 Å². The minimum Gasteiger partial charge on any atom is -0.385 e. The molecule has 7 heteroatoms. The third kappa shape index (κ3) is 6.28. The topological polar surface area (TPSA) is 59.0 Å². The van der Waals surface area contributed by atoms with Crippen LogP contribution in [-0.4, -0.2) is 62.4 Å². The van der Waals surface area contributed by atoms with Crippen molar-refractivity contribution in [3.05, 3.63) is 42.2 Å². The second-order valence-electron chi connectivity index (χ2n) is 6.78. The molecule has 0 atom stereocenters. The van der Waals surface area contributed by atoms with E-state index in [0.717, 1.165) is 57.2 Å². The Balaban J connectivity index is 0.00000280. The van der Waals surface area contributed by atoms with Crippen molar-refractivity contribution in [2.45, 2.75) is 31.9 Å². The van der Waals surface area contributed by atoms with Crippen LogP contribution in [0.3, 0.4) is 0 Å². The molecular weight excluding hydrogens is 467 g/mol. The highest BCUT2D eigenvalue weighted by molar-refractivity contribution is 14.0. The smallest absolute Gasteiger partial charge is 0.193 e. The van der Waals surface area contributed by atoms with Crippen LogP contribution in [0.5, 0.6) is 0 Å². The van der Waals surface area contributed by atoms with Gasteiger partial charge in [-0.25, -0.2) is 0 Å². The van der Waals surface area contributed by atoms with Crippen molar-refractivity contribution in [1.29, 1.82) is 0 Å². The third-order valence-electron chi connectivity index (χ3n) is 4.97. The van der Waals surface area contributed by atoms with Crippen LogP contribution < -0.4 is 5.32 Å². The van der Waals surface area contributed by atoms with E-state index in [-0.39, 0.29) is 24.0 Å². The van der Waals surface area contributed by atoms with Gasteiger partial charge < -0.3 is 19.7 Å². The maximum absolute atomic E-state index is 5.95. The number of pyridine rings is 1. The fraction of sp³-hybridized carbons (Fsp3) is 0.524. The molecule has 1 aromatic carbocycles. The van der Waals surface area contributed by atoms with E-state index in [2.05, 4.69) is 44.5 Å². The van der Waals surface area contributed by atoms with Crippen molar-refractivity contribution in [2.24, 2.45) is 4.99 Å². The van der Waals surface area contributed by atoms with Gasteiger partial charge in [0.15, 0.2) is 5.96 Å². The standard InChI is InChI=1S/C21H30N4O2.HI/c1-22-21(25-12-9-18(10-13-25)27-15-5-14-26-2)24-16-20-19-7-4-3-6-17(19)8-11-23-20;/h3-4,6-8,11,18H,5,9-10,12-16H2,1-2H3,(H,22,24);1H. The van der Waals surface area contributed by atoms with E-state index in [9.17, 15) is 0 Å². The lowest BCUT2D eigenvalue weighted by Crippen LogP contribution is -2.46. The van der Waals surface area contributed by atoms with Crippen molar-refractivity contribution in [1.82, 2.24) is 15.2 Å². The number of likely N-dealkylation sites (tertiary alicyclic amines) is 1. The van der Waals surface area contributed by atoms with Crippen molar-refractivity contribution >= 4 is 40.7 Å². The summed E-state index contributed by atoms with van der Waals surface area (Å²) < 4.78 is 11.0. The number of nitrogens with one attached hydrogen (secondary N) is 1. The summed E-state index contributed by atoms with van der Waals surface area (Å²) in [6.07, 6.45) is 5.23. The van der Waals surface area contributed by atoms with Gasteiger partial charge in [0.1, 0.15) is 0 Å². The summed E-state index contributed by atoms with van der Waals surface area (Å²) in [5.74, 6) is 0.933. The van der Waals surface area contributed by atoms with Gasteiger partial charge in [-0.2, -0.15) is 0 Å². The summed E-state index contributed by atoms with van der Waals surface area (Å²) >= 11 is 0. The summed E-state index contributed by atoms with van der Waals surface area (Å²) in [7, 11) is 3.57. The first-order valence-corrected chi connectivity index (χ1v) is 9.70. The van der Waals surface area contributed by atoms with Crippen LogP contribution in [-0.2, 0) is 16.0 Å². The van der Waals surface area contributed by atoms with Crippen molar-refractivity contribution in [2.75, 3.05) is 40.5 Å². The van der Waals surface area contributed by atoms with E-state index >= 15 is 0 Å². The molecule has 28 heavy (non-hydrogen) atoms. The lowest BCUT2D eigenvalue weighted by atomic mass is 10.1. The van der Waals surface area contributed by atoms with Crippen LogP contribution >= 0.6 is 24.0 Å². The van der Waals surface area contributed by atoms with Gasteiger partial charge in [0, 0.05) is 52.0 Å². The minimum atomic E-state index is 0. The molecule has 0 bridgehead atoms. The molecule has 2 aromatic rings. The molecule has 1 aliphatic heterocycles. The minimum absolute atomic E-state index is 0. The summed E-state index contributed by atoms with van der Waals surface area (Å²) in [4.78, 5) is 11.3. The number of hydrogen-bond donors (Lipinski definition) is 1. The Morgan fingerprint density at radius 2 is 2.00 bits per heavy atom. The first kappa shape index (κ1) is 22.8. The zero-order valence-electron chi connectivity index (χ0n) is 16.8. The summed E-state index contributed by atoms with van der Waals surface area (Å²) in [5, 5.41) is 5.88. The van der Waals surface area contributed by atoms with Gasteiger partial charge >= 0.3 is 0 Å². The Labute approximate surface area is 184 Å². The number of rotatable bonds is 7. The summed E-state index contributed by atoms with van der Waals surface area (Å²) in [6, 6.07) is 10.4. The number of aromatic nitrogens is 1. The van der Waals surface area contributed by atoms with Gasteiger partial charge in [-0.05, 0) is 30.7 Å². The average molecular weight is 498 g/mol. The number of piperidine rings is 1. The fourth-order valence-electron chi connectivity index (χ4n) is 3.51. The van der Waals surface area contributed by atoms with Crippen LogP contribution in [0.4, 0.5) is 0 Å². The average Bonchev–Trinajstić information content (AvgIpc) is 2.73. The highest BCUT2D eigenvalue weighted by Gasteiger charge is 2.21. The van der Waals surface area contributed by atoms with Gasteiger partial charge in [0.2, 0.25) is 0 Å². The van der Waals surface area contributed by atoms with Gasteiger partial charge in [-0.3, -0.25) is 9.98 Å². The van der Waals surface area contributed by atoms with E-state index in [1.807, 2.05) is 19.3 Å². The number of ether oxygens (including phenoxy) is 2. The maximum Gasteiger partial charge on any atom is 0.193 e. The Bertz CT molecular complexity index is 743. The van der Waals surface area contributed by atoms with Gasteiger partial charge in [-0.1, -0.05) is 24.3 Å². The van der Waals surface area contributed by atoms with Gasteiger partial charge in [0.25, 0.3) is 0 Å². The Morgan fingerprint density at radius 1 is 1.21 bits per heavy atom. The number of hydrogen-bond acceptors (Lipinski definition) is 4.